The van der Waals surface area contributed by atoms with Gasteiger partial charge >= 0.3 is 12.1 Å². The van der Waals surface area contributed by atoms with Crippen molar-refractivity contribution in [2.75, 3.05) is 13.2 Å². The molecule has 1 aromatic heterocycles. The molecule has 0 aliphatic heterocycles. The summed E-state index contributed by atoms with van der Waals surface area (Å²) in [5.74, 6) is -0.418. The van der Waals surface area contributed by atoms with E-state index in [1.807, 2.05) is 30.3 Å². The molecule has 0 saturated carbocycles. The van der Waals surface area contributed by atoms with Crippen molar-refractivity contribution in [1.29, 1.82) is 0 Å². The second kappa shape index (κ2) is 9.21. The minimum atomic E-state index is -0.561. The molecular formula is C20H27N3O4. The Morgan fingerprint density at radius 1 is 1.19 bits per heavy atom. The smallest absolute Gasteiger partial charge is 0.407 e. The first kappa shape index (κ1) is 20.5. The number of rotatable bonds is 7. The fourth-order valence-electron chi connectivity index (χ4n) is 2.55. The van der Waals surface area contributed by atoms with Gasteiger partial charge in [0.2, 0.25) is 0 Å². The summed E-state index contributed by atoms with van der Waals surface area (Å²) < 4.78 is 12.0. The molecule has 0 bridgehead atoms. The summed E-state index contributed by atoms with van der Waals surface area (Å²) in [6.07, 6.45) is 1.75. The lowest BCUT2D eigenvalue weighted by Gasteiger charge is -2.19. The molecule has 2 aromatic rings. The van der Waals surface area contributed by atoms with Crippen molar-refractivity contribution >= 4 is 12.1 Å². The Bertz CT molecular complexity index is 763. The Morgan fingerprint density at radius 3 is 2.52 bits per heavy atom. The van der Waals surface area contributed by atoms with Gasteiger partial charge in [0.1, 0.15) is 11.3 Å². The Hall–Kier alpha value is -2.83. The van der Waals surface area contributed by atoms with E-state index in [2.05, 4.69) is 10.4 Å². The number of alkyl carbamates (subject to hydrolysis) is 1. The summed E-state index contributed by atoms with van der Waals surface area (Å²) in [7, 11) is 0. The molecule has 0 aliphatic rings. The van der Waals surface area contributed by atoms with Gasteiger partial charge in [-0.3, -0.25) is 4.68 Å². The quantitative estimate of drug-likeness (QED) is 0.754. The molecule has 146 valence electrons. The van der Waals surface area contributed by atoms with E-state index in [9.17, 15) is 9.59 Å². The number of aromatic nitrogens is 2. The minimum absolute atomic E-state index is 0.283. The predicted octanol–water partition coefficient (Wildman–Crippen LogP) is 3.18. The van der Waals surface area contributed by atoms with Crippen molar-refractivity contribution in [3.8, 4) is 0 Å². The van der Waals surface area contributed by atoms with E-state index in [4.69, 9.17) is 9.47 Å². The van der Waals surface area contributed by atoms with Crippen LogP contribution in [0.25, 0.3) is 0 Å². The third-order valence-corrected chi connectivity index (χ3v) is 3.61. The number of nitrogens with one attached hydrogen (secondary N) is 1. The van der Waals surface area contributed by atoms with E-state index in [0.29, 0.717) is 18.7 Å². The maximum absolute atomic E-state index is 12.4. The maximum atomic E-state index is 12.4. The molecular weight excluding hydrogens is 346 g/mol. The third-order valence-electron chi connectivity index (χ3n) is 3.61. The molecule has 1 amide bonds. The highest BCUT2D eigenvalue weighted by molar-refractivity contribution is 5.89. The molecule has 2 rings (SSSR count). The van der Waals surface area contributed by atoms with Crippen LogP contribution in [0.5, 0.6) is 0 Å². The number of nitrogens with zero attached hydrogens (tertiary/aromatic N) is 2. The van der Waals surface area contributed by atoms with Crippen molar-refractivity contribution < 1.29 is 19.1 Å². The summed E-state index contributed by atoms with van der Waals surface area (Å²) in [6, 6.07) is 9.84. The number of benzene rings is 1. The van der Waals surface area contributed by atoms with Gasteiger partial charge in [-0.25, -0.2) is 9.59 Å². The van der Waals surface area contributed by atoms with Crippen LogP contribution < -0.4 is 5.32 Å². The van der Waals surface area contributed by atoms with Crippen LogP contribution in [0.3, 0.4) is 0 Å². The number of esters is 1. The summed E-state index contributed by atoms with van der Waals surface area (Å²) >= 11 is 0. The molecule has 27 heavy (non-hydrogen) atoms. The van der Waals surface area contributed by atoms with Crippen LogP contribution in [0.15, 0.2) is 36.5 Å². The molecule has 0 unspecified atom stereocenters. The zero-order valence-corrected chi connectivity index (χ0v) is 16.3. The second-order valence-electron chi connectivity index (χ2n) is 7.05. The SMILES string of the molecule is CCOC(=O)c1c(Cc2ccccc2)cnn1CCNC(=O)OC(C)(C)C. The fraction of sp³-hybridized carbons (Fsp3) is 0.450. The van der Waals surface area contributed by atoms with Gasteiger partial charge in [-0.2, -0.15) is 5.10 Å². The molecule has 0 radical (unpaired) electrons. The van der Waals surface area contributed by atoms with E-state index in [1.54, 1.807) is 38.6 Å². The Labute approximate surface area is 159 Å². The normalized spacial score (nSPS) is 11.1. The van der Waals surface area contributed by atoms with E-state index >= 15 is 0 Å². The van der Waals surface area contributed by atoms with Crippen molar-refractivity contribution in [2.45, 2.75) is 46.3 Å². The predicted molar refractivity (Wildman–Crippen MR) is 102 cm³/mol. The molecule has 0 saturated heterocycles. The largest absolute Gasteiger partial charge is 0.461 e. The molecule has 0 fully saturated rings. The number of carbonyl (C=O) groups is 2. The van der Waals surface area contributed by atoms with E-state index in [1.165, 1.54) is 0 Å². The number of amides is 1. The molecule has 1 N–H and O–H groups in total. The minimum Gasteiger partial charge on any atom is -0.461 e. The lowest BCUT2D eigenvalue weighted by atomic mass is 10.1. The highest BCUT2D eigenvalue weighted by atomic mass is 16.6. The van der Waals surface area contributed by atoms with Crippen LogP contribution in [0.2, 0.25) is 0 Å². The molecule has 1 heterocycles. The van der Waals surface area contributed by atoms with Crippen molar-refractivity contribution in [2.24, 2.45) is 0 Å². The van der Waals surface area contributed by atoms with E-state index in [-0.39, 0.29) is 13.2 Å². The first-order chi connectivity index (χ1) is 12.8. The van der Waals surface area contributed by atoms with Crippen LogP contribution in [0.1, 0.15) is 49.3 Å². The molecule has 7 nitrogen and oxygen atoms in total. The van der Waals surface area contributed by atoms with Crippen LogP contribution in [0, 0.1) is 0 Å². The van der Waals surface area contributed by atoms with Gasteiger partial charge < -0.3 is 14.8 Å². The zero-order chi connectivity index (χ0) is 19.9. The van der Waals surface area contributed by atoms with Crippen molar-refractivity contribution in [3.63, 3.8) is 0 Å². The highest BCUT2D eigenvalue weighted by Crippen LogP contribution is 2.16. The van der Waals surface area contributed by atoms with Gasteiger partial charge in [-0.05, 0) is 33.3 Å². The summed E-state index contributed by atoms with van der Waals surface area (Å²) in [6.45, 7) is 8.07. The second-order valence-corrected chi connectivity index (χ2v) is 7.05. The summed E-state index contributed by atoms with van der Waals surface area (Å²) in [5, 5.41) is 6.98. The number of hydrogen-bond donors (Lipinski definition) is 1. The van der Waals surface area contributed by atoms with Gasteiger partial charge in [0, 0.05) is 18.5 Å². The van der Waals surface area contributed by atoms with Crippen LogP contribution in [-0.4, -0.2) is 40.6 Å². The first-order valence-corrected chi connectivity index (χ1v) is 9.02. The number of hydrogen-bond acceptors (Lipinski definition) is 5. The van der Waals surface area contributed by atoms with Gasteiger partial charge in [0.15, 0.2) is 0 Å². The van der Waals surface area contributed by atoms with Crippen LogP contribution in [0.4, 0.5) is 4.79 Å². The Balaban J connectivity index is 2.09. The topological polar surface area (TPSA) is 82.5 Å². The molecule has 1 aromatic carbocycles. The lowest BCUT2D eigenvalue weighted by Crippen LogP contribution is -2.34. The third kappa shape index (κ3) is 6.44. The standard InChI is InChI=1S/C20H27N3O4/c1-5-26-18(24)17-16(13-15-9-7-6-8-10-15)14-22-23(17)12-11-21-19(25)27-20(2,3)4/h6-10,14H,5,11-13H2,1-4H3,(H,21,25). The molecule has 0 aliphatic carbocycles. The van der Waals surface area contributed by atoms with Gasteiger partial charge in [0.05, 0.1) is 19.3 Å². The zero-order valence-electron chi connectivity index (χ0n) is 16.3. The highest BCUT2D eigenvalue weighted by Gasteiger charge is 2.20. The van der Waals surface area contributed by atoms with Gasteiger partial charge in [0.25, 0.3) is 0 Å². The Kier molecular flexibility index (Phi) is 6.98. The molecule has 7 heteroatoms. The first-order valence-electron chi connectivity index (χ1n) is 9.02. The average molecular weight is 373 g/mol. The van der Waals surface area contributed by atoms with Crippen LogP contribution >= 0.6 is 0 Å². The maximum Gasteiger partial charge on any atom is 0.407 e. The van der Waals surface area contributed by atoms with E-state index in [0.717, 1.165) is 11.1 Å². The Morgan fingerprint density at radius 2 is 1.89 bits per heavy atom. The lowest BCUT2D eigenvalue weighted by molar-refractivity contribution is 0.0510. The van der Waals surface area contributed by atoms with Crippen molar-refractivity contribution in [3.05, 3.63) is 53.3 Å². The molecule has 0 atom stereocenters. The monoisotopic (exact) mass is 373 g/mol. The summed E-state index contributed by atoms with van der Waals surface area (Å²) in [5.41, 5.74) is 1.72. The van der Waals surface area contributed by atoms with Crippen LogP contribution in [-0.2, 0) is 22.4 Å². The molecule has 0 spiro atoms. The van der Waals surface area contributed by atoms with Crippen molar-refractivity contribution in [1.82, 2.24) is 15.1 Å². The number of ether oxygens (including phenoxy) is 2. The van der Waals surface area contributed by atoms with Gasteiger partial charge in [-0.15, -0.1) is 0 Å². The number of carbonyl (C=O) groups excluding carboxylic acids is 2. The van der Waals surface area contributed by atoms with E-state index < -0.39 is 17.7 Å². The fourth-order valence-corrected chi connectivity index (χ4v) is 2.55. The average Bonchev–Trinajstić information content (AvgIpc) is 2.97. The summed E-state index contributed by atoms with van der Waals surface area (Å²) in [4.78, 5) is 24.2. The van der Waals surface area contributed by atoms with Gasteiger partial charge in [-0.1, -0.05) is 30.3 Å².